The second-order valence-electron chi connectivity index (χ2n) is 4.49. The fourth-order valence-corrected chi connectivity index (χ4v) is 1.52. The molecule has 0 radical (unpaired) electrons. The smallest absolute Gasteiger partial charge is 0.252 e. The molecule has 3 N–H and O–H groups in total. The Morgan fingerprint density at radius 3 is 2.39 bits per heavy atom. The molecule has 5 heteroatoms. The molecule has 98 valence electrons. The fraction of sp³-hybridized carbons (Fsp3) is 0.385. The maximum atomic E-state index is 11.9. The minimum Gasteiger partial charge on any atom is -0.398 e. The van der Waals surface area contributed by atoms with Gasteiger partial charge in [0.1, 0.15) is 0 Å². The average molecular weight is 249 g/mol. The predicted molar refractivity (Wildman–Crippen MR) is 71.4 cm³/mol. The zero-order chi connectivity index (χ0) is 13.9. The van der Waals surface area contributed by atoms with Crippen molar-refractivity contribution >= 4 is 17.5 Å². The Morgan fingerprint density at radius 1 is 1.22 bits per heavy atom. The van der Waals surface area contributed by atoms with Crippen LogP contribution in [0.15, 0.2) is 12.1 Å². The molecule has 0 saturated heterocycles. The molecule has 0 bridgehead atoms. The number of nitrogens with one attached hydrogen (secondary N) is 1. The Hall–Kier alpha value is -2.04. The van der Waals surface area contributed by atoms with Crippen LogP contribution in [0.25, 0.3) is 0 Å². The number of hydrogen-bond acceptors (Lipinski definition) is 3. The molecule has 1 aromatic carbocycles. The van der Waals surface area contributed by atoms with Gasteiger partial charge in [0, 0.05) is 25.3 Å². The van der Waals surface area contributed by atoms with Crippen LogP contribution >= 0.6 is 0 Å². The maximum Gasteiger partial charge on any atom is 0.252 e. The van der Waals surface area contributed by atoms with Gasteiger partial charge in [0.15, 0.2) is 0 Å². The first-order valence-corrected chi connectivity index (χ1v) is 5.68. The van der Waals surface area contributed by atoms with Gasteiger partial charge >= 0.3 is 0 Å². The third kappa shape index (κ3) is 3.23. The lowest BCUT2D eigenvalue weighted by molar-refractivity contribution is -0.127. The van der Waals surface area contributed by atoms with Crippen molar-refractivity contribution in [3.8, 4) is 0 Å². The van der Waals surface area contributed by atoms with Crippen molar-refractivity contribution in [1.82, 2.24) is 10.2 Å². The Kier molecular flexibility index (Phi) is 4.31. The number of amides is 2. The molecule has 0 heterocycles. The summed E-state index contributed by atoms with van der Waals surface area (Å²) in [6.07, 6.45) is 0. The van der Waals surface area contributed by atoms with E-state index in [-0.39, 0.29) is 18.4 Å². The van der Waals surface area contributed by atoms with Crippen molar-refractivity contribution in [3.63, 3.8) is 0 Å². The largest absolute Gasteiger partial charge is 0.398 e. The second-order valence-corrected chi connectivity index (χ2v) is 4.49. The predicted octanol–water partition coefficient (Wildman–Crippen LogP) is 0.704. The zero-order valence-electron chi connectivity index (χ0n) is 11.2. The van der Waals surface area contributed by atoms with E-state index in [9.17, 15) is 9.59 Å². The number of nitrogens with zero attached hydrogens (tertiary/aromatic N) is 1. The van der Waals surface area contributed by atoms with E-state index in [1.165, 1.54) is 4.90 Å². The first kappa shape index (κ1) is 14.0. The van der Waals surface area contributed by atoms with E-state index in [2.05, 4.69) is 5.32 Å². The lowest BCUT2D eigenvalue weighted by Crippen LogP contribution is -2.36. The third-order valence-corrected chi connectivity index (χ3v) is 2.76. The molecular formula is C13H19N3O2. The van der Waals surface area contributed by atoms with Crippen LogP contribution in [0.2, 0.25) is 0 Å². The number of carbonyl (C=O) groups excluding carboxylic acids is 2. The van der Waals surface area contributed by atoms with Gasteiger partial charge in [0.2, 0.25) is 5.91 Å². The lowest BCUT2D eigenvalue weighted by Gasteiger charge is -2.12. The highest BCUT2D eigenvalue weighted by atomic mass is 16.2. The van der Waals surface area contributed by atoms with Crippen LogP contribution in [0, 0.1) is 13.8 Å². The van der Waals surface area contributed by atoms with Crippen LogP contribution in [0.3, 0.4) is 0 Å². The minimum atomic E-state index is -0.283. The molecule has 5 nitrogen and oxygen atoms in total. The second kappa shape index (κ2) is 5.53. The van der Waals surface area contributed by atoms with E-state index in [4.69, 9.17) is 5.73 Å². The first-order chi connectivity index (χ1) is 8.32. The summed E-state index contributed by atoms with van der Waals surface area (Å²) < 4.78 is 0. The van der Waals surface area contributed by atoms with E-state index < -0.39 is 0 Å². The van der Waals surface area contributed by atoms with Gasteiger partial charge in [0.25, 0.3) is 5.91 Å². The standard InChI is InChI=1S/C13H19N3O2/c1-8-5-9(2)11(14)6-10(8)13(18)15-7-12(17)16(3)4/h5-6H,7,14H2,1-4H3,(H,15,18). The monoisotopic (exact) mass is 249 g/mol. The third-order valence-electron chi connectivity index (χ3n) is 2.76. The van der Waals surface area contributed by atoms with Crippen LogP contribution in [0.4, 0.5) is 5.69 Å². The van der Waals surface area contributed by atoms with Crippen LogP contribution < -0.4 is 11.1 Å². The molecule has 0 aliphatic rings. The van der Waals surface area contributed by atoms with E-state index in [0.717, 1.165) is 11.1 Å². The average Bonchev–Trinajstić information content (AvgIpc) is 2.30. The molecule has 0 saturated carbocycles. The summed E-state index contributed by atoms with van der Waals surface area (Å²) in [7, 11) is 3.28. The van der Waals surface area contributed by atoms with Gasteiger partial charge < -0.3 is 16.0 Å². The van der Waals surface area contributed by atoms with Gasteiger partial charge in [-0.05, 0) is 31.0 Å². The molecule has 0 unspecified atom stereocenters. The Balaban J connectivity index is 2.79. The Labute approximate surface area is 107 Å². The molecule has 18 heavy (non-hydrogen) atoms. The summed E-state index contributed by atoms with van der Waals surface area (Å²) in [5, 5.41) is 2.58. The van der Waals surface area contributed by atoms with Crippen molar-refractivity contribution in [2.45, 2.75) is 13.8 Å². The summed E-state index contributed by atoms with van der Waals surface area (Å²) in [5.41, 5.74) is 8.64. The molecular weight excluding hydrogens is 230 g/mol. The summed E-state index contributed by atoms with van der Waals surface area (Å²) in [4.78, 5) is 24.7. The number of anilines is 1. The highest BCUT2D eigenvalue weighted by Crippen LogP contribution is 2.17. The number of benzene rings is 1. The number of nitrogens with two attached hydrogens (primary N) is 1. The van der Waals surface area contributed by atoms with Crippen molar-refractivity contribution in [2.24, 2.45) is 0 Å². The van der Waals surface area contributed by atoms with E-state index >= 15 is 0 Å². The molecule has 1 rings (SSSR count). The quantitative estimate of drug-likeness (QED) is 0.774. The molecule has 2 amide bonds. The molecule has 0 aromatic heterocycles. The fourth-order valence-electron chi connectivity index (χ4n) is 1.52. The SMILES string of the molecule is Cc1cc(C)c(C(=O)NCC(=O)N(C)C)cc1N. The summed E-state index contributed by atoms with van der Waals surface area (Å²) in [5.74, 6) is -0.435. The van der Waals surface area contributed by atoms with Gasteiger partial charge in [0.05, 0.1) is 6.54 Å². The van der Waals surface area contributed by atoms with Crippen molar-refractivity contribution in [3.05, 3.63) is 28.8 Å². The van der Waals surface area contributed by atoms with Crippen LogP contribution in [0.1, 0.15) is 21.5 Å². The van der Waals surface area contributed by atoms with Crippen LogP contribution in [-0.2, 0) is 4.79 Å². The zero-order valence-corrected chi connectivity index (χ0v) is 11.2. The van der Waals surface area contributed by atoms with E-state index in [1.54, 1.807) is 20.2 Å². The van der Waals surface area contributed by atoms with Gasteiger partial charge in [-0.25, -0.2) is 0 Å². The topological polar surface area (TPSA) is 75.4 Å². The molecule has 0 aliphatic heterocycles. The number of rotatable bonds is 3. The normalized spacial score (nSPS) is 10.0. The summed E-state index contributed by atoms with van der Waals surface area (Å²) >= 11 is 0. The van der Waals surface area contributed by atoms with Crippen LogP contribution in [0.5, 0.6) is 0 Å². The van der Waals surface area contributed by atoms with Gasteiger partial charge in [-0.1, -0.05) is 6.07 Å². The number of carbonyl (C=O) groups is 2. The molecule has 0 fully saturated rings. The summed E-state index contributed by atoms with van der Waals surface area (Å²) in [6, 6.07) is 3.50. The number of hydrogen-bond donors (Lipinski definition) is 2. The molecule has 0 spiro atoms. The van der Waals surface area contributed by atoms with E-state index in [0.29, 0.717) is 11.3 Å². The highest BCUT2D eigenvalue weighted by Gasteiger charge is 2.12. The number of aryl methyl sites for hydroxylation is 2. The summed E-state index contributed by atoms with van der Waals surface area (Å²) in [6.45, 7) is 3.72. The molecule has 0 atom stereocenters. The van der Waals surface area contributed by atoms with Crippen molar-refractivity contribution in [2.75, 3.05) is 26.4 Å². The molecule has 0 aliphatic carbocycles. The molecule has 1 aromatic rings. The van der Waals surface area contributed by atoms with Gasteiger partial charge in [-0.15, -0.1) is 0 Å². The maximum absolute atomic E-state index is 11.9. The first-order valence-electron chi connectivity index (χ1n) is 5.68. The highest BCUT2D eigenvalue weighted by molar-refractivity contribution is 5.98. The van der Waals surface area contributed by atoms with Gasteiger partial charge in [-0.2, -0.15) is 0 Å². The Bertz CT molecular complexity index is 481. The lowest BCUT2D eigenvalue weighted by atomic mass is 10.0. The van der Waals surface area contributed by atoms with Crippen molar-refractivity contribution in [1.29, 1.82) is 0 Å². The number of nitrogen functional groups attached to an aromatic ring is 1. The number of likely N-dealkylation sites (N-methyl/N-ethyl adjacent to an activating group) is 1. The minimum absolute atomic E-state index is 0.0148. The van der Waals surface area contributed by atoms with E-state index in [1.807, 2.05) is 19.9 Å². The van der Waals surface area contributed by atoms with Crippen molar-refractivity contribution < 1.29 is 9.59 Å². The Morgan fingerprint density at radius 2 is 1.83 bits per heavy atom. The van der Waals surface area contributed by atoms with Crippen LogP contribution in [-0.4, -0.2) is 37.4 Å². The van der Waals surface area contributed by atoms with Gasteiger partial charge in [-0.3, -0.25) is 9.59 Å².